The summed E-state index contributed by atoms with van der Waals surface area (Å²) in [5.41, 5.74) is 1.26. The van der Waals surface area contributed by atoms with Gasteiger partial charge >= 0.3 is 0 Å². The molecule has 3 rings (SSSR count). The summed E-state index contributed by atoms with van der Waals surface area (Å²) in [4.78, 5) is 11.9. The summed E-state index contributed by atoms with van der Waals surface area (Å²) in [7, 11) is 0. The first-order chi connectivity index (χ1) is 10.7. The third kappa shape index (κ3) is 3.40. The molecule has 0 radical (unpaired) electrons. The molecule has 2 heterocycles. The second-order valence-electron chi connectivity index (χ2n) is 4.95. The second kappa shape index (κ2) is 6.53. The van der Waals surface area contributed by atoms with Gasteiger partial charge in [0.1, 0.15) is 5.01 Å². The van der Waals surface area contributed by atoms with Crippen LogP contribution in [0.15, 0.2) is 53.1 Å². The number of aromatic nitrogens is 2. The molecule has 0 fully saturated rings. The molecule has 1 N–H and O–H groups in total. The van der Waals surface area contributed by atoms with Gasteiger partial charge in [-0.25, -0.2) is 0 Å². The van der Waals surface area contributed by atoms with Crippen LogP contribution in [0.2, 0.25) is 0 Å². The first-order valence-electron chi connectivity index (χ1n) is 6.94. The average molecular weight is 313 g/mol. The molecule has 0 saturated heterocycles. The van der Waals surface area contributed by atoms with Crippen LogP contribution in [0.1, 0.15) is 34.0 Å². The molecule has 1 amide bonds. The normalized spacial score (nSPS) is 12.0. The molecule has 1 atom stereocenters. The Bertz CT molecular complexity index is 738. The van der Waals surface area contributed by atoms with E-state index in [1.54, 1.807) is 12.1 Å². The quantitative estimate of drug-likeness (QED) is 0.779. The molecule has 22 heavy (non-hydrogen) atoms. The lowest BCUT2D eigenvalue weighted by molar-refractivity contribution is 0.0996. The van der Waals surface area contributed by atoms with Crippen LogP contribution in [0.3, 0.4) is 0 Å². The van der Waals surface area contributed by atoms with Crippen molar-refractivity contribution in [3.63, 3.8) is 0 Å². The van der Waals surface area contributed by atoms with E-state index in [9.17, 15) is 4.79 Å². The Morgan fingerprint density at radius 2 is 2.05 bits per heavy atom. The second-order valence-corrected chi connectivity index (χ2v) is 6.01. The molecule has 6 heteroatoms. The number of hydrogen-bond donors (Lipinski definition) is 1. The maximum Gasteiger partial charge on any atom is 0.293 e. The van der Waals surface area contributed by atoms with E-state index in [2.05, 4.69) is 34.6 Å². The van der Waals surface area contributed by atoms with Crippen LogP contribution in [-0.4, -0.2) is 16.1 Å². The minimum atomic E-state index is -0.316. The molecule has 0 saturated carbocycles. The number of furan rings is 1. The monoisotopic (exact) mass is 313 g/mol. The number of benzene rings is 1. The van der Waals surface area contributed by atoms with Gasteiger partial charge in [-0.15, -0.1) is 10.2 Å². The van der Waals surface area contributed by atoms with Crippen molar-refractivity contribution < 1.29 is 9.21 Å². The molecular formula is C16H15N3O2S. The molecule has 3 aromatic rings. The molecule has 0 aliphatic rings. The molecule has 0 aliphatic heterocycles. The first-order valence-corrected chi connectivity index (χ1v) is 7.76. The first kappa shape index (κ1) is 14.5. The fourth-order valence-electron chi connectivity index (χ4n) is 2.11. The molecule has 1 aromatic carbocycles. The van der Waals surface area contributed by atoms with Crippen molar-refractivity contribution >= 4 is 22.4 Å². The van der Waals surface area contributed by atoms with Gasteiger partial charge < -0.3 is 4.42 Å². The predicted molar refractivity (Wildman–Crippen MR) is 85.1 cm³/mol. The van der Waals surface area contributed by atoms with Crippen LogP contribution >= 0.6 is 11.3 Å². The maximum atomic E-state index is 11.9. The average Bonchev–Trinajstić information content (AvgIpc) is 3.20. The van der Waals surface area contributed by atoms with Crippen molar-refractivity contribution in [2.75, 3.05) is 5.32 Å². The van der Waals surface area contributed by atoms with Gasteiger partial charge in [0.15, 0.2) is 5.76 Å². The van der Waals surface area contributed by atoms with E-state index in [1.807, 2.05) is 18.2 Å². The number of anilines is 1. The number of hydrogen-bond acceptors (Lipinski definition) is 5. The number of rotatable bonds is 5. The standard InChI is InChI=1S/C16H15N3O2S/c1-11(12-6-3-2-4-7-12)10-14-18-19-16(22-14)17-15(20)13-8-5-9-21-13/h2-9,11H,10H2,1H3,(H,17,19,20)/t11-/m1/s1. The lowest BCUT2D eigenvalue weighted by Gasteiger charge is -2.08. The van der Waals surface area contributed by atoms with Gasteiger partial charge in [-0.1, -0.05) is 48.6 Å². The zero-order chi connectivity index (χ0) is 15.4. The fraction of sp³-hybridized carbons (Fsp3) is 0.188. The van der Waals surface area contributed by atoms with Gasteiger partial charge in [0, 0.05) is 6.42 Å². The number of carbonyl (C=O) groups excluding carboxylic acids is 1. The third-order valence-corrected chi connectivity index (χ3v) is 4.14. The van der Waals surface area contributed by atoms with Crippen LogP contribution in [0.5, 0.6) is 0 Å². The Labute approximate surface area is 132 Å². The van der Waals surface area contributed by atoms with Crippen LogP contribution in [0.25, 0.3) is 0 Å². The number of nitrogens with one attached hydrogen (secondary N) is 1. The maximum absolute atomic E-state index is 11.9. The highest BCUT2D eigenvalue weighted by atomic mass is 32.1. The Balaban J connectivity index is 1.63. The summed E-state index contributed by atoms with van der Waals surface area (Å²) < 4.78 is 5.04. The van der Waals surface area contributed by atoms with E-state index in [-0.39, 0.29) is 11.7 Å². The Hall–Kier alpha value is -2.47. The van der Waals surface area contributed by atoms with Crippen molar-refractivity contribution in [1.82, 2.24) is 10.2 Å². The highest BCUT2D eigenvalue weighted by Gasteiger charge is 2.14. The van der Waals surface area contributed by atoms with Crippen molar-refractivity contribution in [3.05, 3.63) is 65.1 Å². The highest BCUT2D eigenvalue weighted by molar-refractivity contribution is 7.15. The van der Waals surface area contributed by atoms with Crippen molar-refractivity contribution in [2.24, 2.45) is 0 Å². The number of nitrogens with zero attached hydrogens (tertiary/aromatic N) is 2. The van der Waals surface area contributed by atoms with E-state index in [0.29, 0.717) is 11.0 Å². The fourth-order valence-corrected chi connectivity index (χ4v) is 2.98. The summed E-state index contributed by atoms with van der Waals surface area (Å²) in [5.74, 6) is 0.293. The molecular weight excluding hydrogens is 298 g/mol. The topological polar surface area (TPSA) is 68.0 Å². The largest absolute Gasteiger partial charge is 0.459 e. The minimum Gasteiger partial charge on any atom is -0.459 e. The van der Waals surface area contributed by atoms with Gasteiger partial charge in [0.05, 0.1) is 6.26 Å². The van der Waals surface area contributed by atoms with Crippen LogP contribution in [0, 0.1) is 0 Å². The van der Waals surface area contributed by atoms with Gasteiger partial charge in [-0.05, 0) is 23.6 Å². The smallest absolute Gasteiger partial charge is 0.293 e. The Morgan fingerprint density at radius 3 is 2.77 bits per heavy atom. The summed E-state index contributed by atoms with van der Waals surface area (Å²) >= 11 is 1.39. The van der Waals surface area contributed by atoms with E-state index in [4.69, 9.17) is 4.42 Å². The molecule has 0 spiro atoms. The van der Waals surface area contributed by atoms with Crippen molar-refractivity contribution in [2.45, 2.75) is 19.3 Å². The van der Waals surface area contributed by atoms with Gasteiger partial charge in [-0.3, -0.25) is 10.1 Å². The van der Waals surface area contributed by atoms with Gasteiger partial charge in [-0.2, -0.15) is 0 Å². The third-order valence-electron chi connectivity index (χ3n) is 3.28. The van der Waals surface area contributed by atoms with Crippen LogP contribution in [-0.2, 0) is 6.42 Å². The molecule has 5 nitrogen and oxygen atoms in total. The number of carbonyl (C=O) groups is 1. The number of amides is 1. The SMILES string of the molecule is C[C@H](Cc1nnc(NC(=O)c2ccco2)s1)c1ccccc1. The Morgan fingerprint density at radius 1 is 1.23 bits per heavy atom. The minimum absolute atomic E-state index is 0.259. The van der Waals surface area contributed by atoms with E-state index in [1.165, 1.54) is 23.2 Å². The molecule has 112 valence electrons. The summed E-state index contributed by atoms with van der Waals surface area (Å²) in [6.45, 7) is 2.15. The van der Waals surface area contributed by atoms with E-state index in [0.717, 1.165) is 11.4 Å². The highest BCUT2D eigenvalue weighted by Crippen LogP contribution is 2.24. The summed E-state index contributed by atoms with van der Waals surface area (Å²) in [6, 6.07) is 13.5. The lowest BCUT2D eigenvalue weighted by atomic mass is 9.98. The molecule has 2 aromatic heterocycles. The van der Waals surface area contributed by atoms with Gasteiger partial charge in [0.25, 0.3) is 5.91 Å². The summed E-state index contributed by atoms with van der Waals surface area (Å²) in [5, 5.41) is 12.2. The van der Waals surface area contributed by atoms with Crippen molar-refractivity contribution in [1.29, 1.82) is 0 Å². The van der Waals surface area contributed by atoms with E-state index < -0.39 is 0 Å². The zero-order valence-electron chi connectivity index (χ0n) is 12.0. The Kier molecular flexibility index (Phi) is 4.29. The molecule has 0 unspecified atom stereocenters. The van der Waals surface area contributed by atoms with Crippen LogP contribution in [0.4, 0.5) is 5.13 Å². The molecule has 0 bridgehead atoms. The lowest BCUT2D eigenvalue weighted by Crippen LogP contribution is -2.10. The van der Waals surface area contributed by atoms with Crippen molar-refractivity contribution in [3.8, 4) is 0 Å². The summed E-state index contributed by atoms with van der Waals surface area (Å²) in [6.07, 6.45) is 2.25. The molecule has 0 aliphatic carbocycles. The van der Waals surface area contributed by atoms with Gasteiger partial charge in [0.2, 0.25) is 5.13 Å². The predicted octanol–water partition coefficient (Wildman–Crippen LogP) is 3.73. The van der Waals surface area contributed by atoms with Crippen LogP contribution < -0.4 is 5.32 Å². The van der Waals surface area contributed by atoms with E-state index >= 15 is 0 Å². The zero-order valence-corrected chi connectivity index (χ0v) is 12.8.